The van der Waals surface area contributed by atoms with Gasteiger partial charge in [0.05, 0.1) is 0 Å². The molecule has 1 unspecified atom stereocenters. The molecule has 0 aromatic heterocycles. The molecular weight excluding hydrogens is 180 g/mol. The lowest BCUT2D eigenvalue weighted by molar-refractivity contribution is 0.219. The number of aliphatic hydroxyl groups is 1. The van der Waals surface area contributed by atoms with Crippen LogP contribution in [-0.2, 0) is 10.1 Å². The Balaban J connectivity index is 3.52. The molecule has 0 saturated carbocycles. The minimum atomic E-state index is -4.23. The van der Waals surface area contributed by atoms with Crippen molar-refractivity contribution < 1.29 is 18.1 Å². The smallest absolute Gasteiger partial charge is 0.291 e. The van der Waals surface area contributed by atoms with Gasteiger partial charge >= 0.3 is 0 Å². The van der Waals surface area contributed by atoms with Crippen LogP contribution < -0.4 is 0 Å². The second-order valence-corrected chi connectivity index (χ2v) is 4.39. The lowest BCUT2D eigenvalue weighted by atomic mass is 10.2. The molecular formula is C7H16O4S. The van der Waals surface area contributed by atoms with Gasteiger partial charge in [0.15, 0.2) is 5.44 Å². The van der Waals surface area contributed by atoms with Gasteiger partial charge in [-0.25, -0.2) is 0 Å². The van der Waals surface area contributed by atoms with Crippen LogP contribution in [0, 0.1) is 0 Å². The molecule has 12 heavy (non-hydrogen) atoms. The molecule has 0 amide bonds. The summed E-state index contributed by atoms with van der Waals surface area (Å²) >= 11 is 0. The summed E-state index contributed by atoms with van der Waals surface area (Å²) in [6.45, 7) is 2.04. The molecule has 1 atom stereocenters. The van der Waals surface area contributed by atoms with E-state index in [9.17, 15) is 8.42 Å². The van der Waals surface area contributed by atoms with Crippen molar-refractivity contribution in [3.63, 3.8) is 0 Å². The maximum atomic E-state index is 10.3. The van der Waals surface area contributed by atoms with Crippen molar-refractivity contribution in [2.45, 2.75) is 44.5 Å². The Bertz CT molecular complexity index is 197. The summed E-state index contributed by atoms with van der Waals surface area (Å²) in [7, 11) is -4.23. The third-order valence-corrected chi connectivity index (χ3v) is 2.57. The molecule has 5 heteroatoms. The summed E-state index contributed by atoms with van der Waals surface area (Å²) in [5.41, 5.74) is -1.60. The third kappa shape index (κ3) is 5.51. The molecule has 0 bridgehead atoms. The van der Waals surface area contributed by atoms with Gasteiger partial charge in [-0.1, -0.05) is 26.2 Å². The Kier molecular flexibility index (Phi) is 5.44. The van der Waals surface area contributed by atoms with Crippen molar-refractivity contribution in [3.05, 3.63) is 0 Å². The minimum Gasteiger partial charge on any atom is -0.375 e. The zero-order valence-corrected chi connectivity index (χ0v) is 8.05. The van der Waals surface area contributed by atoms with Crippen LogP contribution in [0.3, 0.4) is 0 Å². The van der Waals surface area contributed by atoms with E-state index >= 15 is 0 Å². The highest BCUT2D eigenvalue weighted by Gasteiger charge is 2.17. The molecule has 0 aromatic rings. The zero-order valence-electron chi connectivity index (χ0n) is 7.23. The van der Waals surface area contributed by atoms with E-state index in [0.29, 0.717) is 6.42 Å². The molecule has 0 aliphatic carbocycles. The predicted molar refractivity (Wildman–Crippen MR) is 46.3 cm³/mol. The van der Waals surface area contributed by atoms with Gasteiger partial charge in [-0.2, -0.15) is 8.42 Å². The fraction of sp³-hybridized carbons (Fsp3) is 1.00. The average molecular weight is 196 g/mol. The van der Waals surface area contributed by atoms with Crippen molar-refractivity contribution in [2.24, 2.45) is 0 Å². The van der Waals surface area contributed by atoms with Gasteiger partial charge in [-0.3, -0.25) is 4.55 Å². The third-order valence-electron chi connectivity index (χ3n) is 1.65. The molecule has 0 aliphatic rings. The highest BCUT2D eigenvalue weighted by atomic mass is 32.2. The Morgan fingerprint density at radius 3 is 2.25 bits per heavy atom. The standard InChI is InChI=1S/C7H16O4S/c1-2-3-4-5-6-7(8)12(9,10)11/h7-8H,2-6H2,1H3,(H,9,10,11). The molecule has 0 fully saturated rings. The van der Waals surface area contributed by atoms with Crippen molar-refractivity contribution in [1.82, 2.24) is 0 Å². The van der Waals surface area contributed by atoms with Crippen molar-refractivity contribution >= 4 is 10.1 Å². The van der Waals surface area contributed by atoms with Gasteiger partial charge < -0.3 is 5.11 Å². The van der Waals surface area contributed by atoms with E-state index in [0.717, 1.165) is 19.3 Å². The van der Waals surface area contributed by atoms with Gasteiger partial charge in [0.25, 0.3) is 10.1 Å². The van der Waals surface area contributed by atoms with E-state index in [-0.39, 0.29) is 6.42 Å². The second-order valence-electron chi connectivity index (χ2n) is 2.82. The number of hydrogen-bond acceptors (Lipinski definition) is 3. The summed E-state index contributed by atoms with van der Waals surface area (Å²) in [6.07, 6.45) is 3.73. The average Bonchev–Trinajstić information content (AvgIpc) is 1.96. The summed E-state index contributed by atoms with van der Waals surface area (Å²) < 4.78 is 29.0. The predicted octanol–water partition coefficient (Wildman–Crippen LogP) is 1.16. The summed E-state index contributed by atoms with van der Waals surface area (Å²) in [4.78, 5) is 0. The second kappa shape index (κ2) is 5.50. The van der Waals surface area contributed by atoms with E-state index in [1.807, 2.05) is 6.92 Å². The van der Waals surface area contributed by atoms with E-state index in [4.69, 9.17) is 9.66 Å². The van der Waals surface area contributed by atoms with Gasteiger partial charge in [0.1, 0.15) is 0 Å². The van der Waals surface area contributed by atoms with Crippen molar-refractivity contribution in [2.75, 3.05) is 0 Å². The number of hydrogen-bond donors (Lipinski definition) is 2. The molecule has 0 spiro atoms. The molecule has 0 heterocycles. The Labute approximate surface area is 73.4 Å². The first-order valence-electron chi connectivity index (χ1n) is 4.13. The van der Waals surface area contributed by atoms with Crippen LogP contribution in [0.15, 0.2) is 0 Å². The number of unbranched alkanes of at least 4 members (excludes halogenated alkanes) is 3. The molecule has 0 aliphatic heterocycles. The first-order valence-corrected chi connectivity index (χ1v) is 5.63. The van der Waals surface area contributed by atoms with Gasteiger partial charge in [0, 0.05) is 0 Å². The molecule has 0 radical (unpaired) electrons. The molecule has 0 rings (SSSR count). The highest BCUT2D eigenvalue weighted by molar-refractivity contribution is 7.86. The summed E-state index contributed by atoms with van der Waals surface area (Å²) in [6, 6.07) is 0. The Morgan fingerprint density at radius 1 is 1.25 bits per heavy atom. The van der Waals surface area contributed by atoms with Crippen LogP contribution in [0.2, 0.25) is 0 Å². The van der Waals surface area contributed by atoms with Gasteiger partial charge in [0.2, 0.25) is 0 Å². The van der Waals surface area contributed by atoms with E-state index in [1.165, 1.54) is 0 Å². The quantitative estimate of drug-likeness (QED) is 0.494. The van der Waals surface area contributed by atoms with Crippen LogP contribution >= 0.6 is 0 Å². The van der Waals surface area contributed by atoms with Crippen LogP contribution in [0.25, 0.3) is 0 Å². The molecule has 74 valence electrons. The van der Waals surface area contributed by atoms with Crippen molar-refractivity contribution in [1.29, 1.82) is 0 Å². The normalized spacial score (nSPS) is 14.6. The van der Waals surface area contributed by atoms with Crippen LogP contribution in [0.4, 0.5) is 0 Å². The first-order chi connectivity index (χ1) is 5.48. The molecule has 0 saturated heterocycles. The van der Waals surface area contributed by atoms with Crippen LogP contribution in [0.1, 0.15) is 39.0 Å². The summed E-state index contributed by atoms with van der Waals surface area (Å²) in [5, 5.41) is 8.85. The van der Waals surface area contributed by atoms with Gasteiger partial charge in [-0.15, -0.1) is 0 Å². The number of rotatable bonds is 6. The fourth-order valence-corrected chi connectivity index (χ4v) is 1.36. The SMILES string of the molecule is CCCCCCC(O)S(=O)(=O)O. The lowest BCUT2D eigenvalue weighted by Crippen LogP contribution is -2.19. The first kappa shape index (κ1) is 11.9. The zero-order chi connectivity index (χ0) is 9.61. The van der Waals surface area contributed by atoms with Gasteiger partial charge in [-0.05, 0) is 12.8 Å². The summed E-state index contributed by atoms with van der Waals surface area (Å²) in [5.74, 6) is 0. The molecule has 0 aromatic carbocycles. The lowest BCUT2D eigenvalue weighted by Gasteiger charge is -2.05. The Morgan fingerprint density at radius 2 is 1.83 bits per heavy atom. The largest absolute Gasteiger partial charge is 0.375 e. The molecule has 4 nitrogen and oxygen atoms in total. The maximum absolute atomic E-state index is 10.3. The fourth-order valence-electron chi connectivity index (χ4n) is 0.895. The highest BCUT2D eigenvalue weighted by Crippen LogP contribution is 2.08. The molecule has 2 N–H and O–H groups in total. The van der Waals surface area contributed by atoms with Crippen LogP contribution in [-0.4, -0.2) is 23.5 Å². The van der Waals surface area contributed by atoms with E-state index < -0.39 is 15.6 Å². The van der Waals surface area contributed by atoms with Crippen molar-refractivity contribution in [3.8, 4) is 0 Å². The maximum Gasteiger partial charge on any atom is 0.291 e. The van der Waals surface area contributed by atoms with E-state index in [1.54, 1.807) is 0 Å². The van der Waals surface area contributed by atoms with E-state index in [2.05, 4.69) is 0 Å². The Hall–Kier alpha value is -0.130. The topological polar surface area (TPSA) is 74.6 Å². The minimum absolute atomic E-state index is 0.124. The van der Waals surface area contributed by atoms with Crippen LogP contribution in [0.5, 0.6) is 0 Å². The number of aliphatic hydroxyl groups excluding tert-OH is 1. The monoisotopic (exact) mass is 196 g/mol.